The average molecular weight is 356 g/mol. The highest BCUT2D eigenvalue weighted by Crippen LogP contribution is 2.18. The number of hydrogen-bond acceptors (Lipinski definition) is 1. The molecule has 0 radical (unpaired) electrons. The number of carbonyl (C=O) groups excluding carboxylic acids is 1. The van der Waals surface area contributed by atoms with Gasteiger partial charge in [-0.25, -0.2) is 9.18 Å². The Bertz CT molecular complexity index is 525. The van der Waals surface area contributed by atoms with Gasteiger partial charge in [0.15, 0.2) is 0 Å². The van der Waals surface area contributed by atoms with Gasteiger partial charge in [0, 0.05) is 3.57 Å². The van der Waals surface area contributed by atoms with E-state index in [1.54, 1.807) is 18.2 Å². The topological polar surface area (TPSA) is 41.1 Å². The molecule has 5 heteroatoms. The van der Waals surface area contributed by atoms with Crippen LogP contribution in [0.15, 0.2) is 48.5 Å². The summed E-state index contributed by atoms with van der Waals surface area (Å²) in [5.41, 5.74) is 0.841. The van der Waals surface area contributed by atoms with Crippen molar-refractivity contribution in [2.45, 2.75) is 0 Å². The molecule has 2 N–H and O–H groups in total. The Morgan fingerprint density at radius 3 is 2.17 bits per heavy atom. The first kappa shape index (κ1) is 12.8. The zero-order chi connectivity index (χ0) is 13.0. The van der Waals surface area contributed by atoms with Gasteiger partial charge < -0.3 is 10.6 Å². The third kappa shape index (κ3) is 3.19. The number of halogens is 2. The Hall–Kier alpha value is -1.63. The molecular formula is C13H10FIN2O. The van der Waals surface area contributed by atoms with Crippen molar-refractivity contribution >= 4 is 40.0 Å². The lowest BCUT2D eigenvalue weighted by Crippen LogP contribution is -2.20. The molecule has 0 aliphatic carbocycles. The molecule has 0 heterocycles. The first-order valence-electron chi connectivity index (χ1n) is 5.24. The molecule has 0 aliphatic rings. The molecule has 0 fully saturated rings. The van der Waals surface area contributed by atoms with Gasteiger partial charge in [-0.1, -0.05) is 24.3 Å². The zero-order valence-corrected chi connectivity index (χ0v) is 11.4. The van der Waals surface area contributed by atoms with Crippen LogP contribution < -0.4 is 10.6 Å². The number of anilines is 2. The largest absolute Gasteiger partial charge is 0.323 e. The molecule has 0 atom stereocenters. The summed E-state index contributed by atoms with van der Waals surface area (Å²) in [6, 6.07) is 12.9. The third-order valence-corrected chi connectivity index (χ3v) is 3.18. The Morgan fingerprint density at radius 2 is 1.50 bits per heavy atom. The fraction of sp³-hybridized carbons (Fsp3) is 0. The SMILES string of the molecule is O=C(Nc1ccccc1F)Nc1ccccc1I. The lowest BCUT2D eigenvalue weighted by molar-refractivity contribution is 0.262. The van der Waals surface area contributed by atoms with E-state index in [1.807, 2.05) is 18.2 Å². The fourth-order valence-electron chi connectivity index (χ4n) is 1.40. The van der Waals surface area contributed by atoms with Crippen LogP contribution in [0.1, 0.15) is 0 Å². The second kappa shape index (κ2) is 5.81. The standard InChI is InChI=1S/C13H10FIN2O/c14-9-5-1-3-7-11(9)16-13(18)17-12-8-4-2-6-10(12)15/h1-8H,(H2,16,17,18). The van der Waals surface area contributed by atoms with Crippen molar-refractivity contribution in [2.24, 2.45) is 0 Å². The number of amides is 2. The lowest BCUT2D eigenvalue weighted by atomic mass is 10.3. The van der Waals surface area contributed by atoms with Crippen LogP contribution in [0.25, 0.3) is 0 Å². The number of rotatable bonds is 2. The van der Waals surface area contributed by atoms with E-state index < -0.39 is 11.8 Å². The van der Waals surface area contributed by atoms with Crippen LogP contribution in [0.3, 0.4) is 0 Å². The van der Waals surface area contributed by atoms with E-state index in [2.05, 4.69) is 33.2 Å². The minimum Gasteiger partial charge on any atom is -0.307 e. The van der Waals surface area contributed by atoms with E-state index in [1.165, 1.54) is 12.1 Å². The van der Waals surface area contributed by atoms with E-state index in [4.69, 9.17) is 0 Å². The number of hydrogen-bond donors (Lipinski definition) is 2. The monoisotopic (exact) mass is 356 g/mol. The van der Waals surface area contributed by atoms with Crippen molar-refractivity contribution in [3.63, 3.8) is 0 Å². The van der Waals surface area contributed by atoms with Crippen molar-refractivity contribution in [1.29, 1.82) is 0 Å². The molecule has 2 rings (SSSR count). The van der Waals surface area contributed by atoms with Crippen LogP contribution in [0.4, 0.5) is 20.6 Å². The molecule has 0 aromatic heterocycles. The van der Waals surface area contributed by atoms with Crippen molar-refractivity contribution in [3.05, 3.63) is 57.9 Å². The van der Waals surface area contributed by atoms with Gasteiger partial charge in [-0.2, -0.15) is 0 Å². The van der Waals surface area contributed by atoms with Gasteiger partial charge in [0.05, 0.1) is 11.4 Å². The molecule has 2 aromatic carbocycles. The molecule has 18 heavy (non-hydrogen) atoms. The van der Waals surface area contributed by atoms with Gasteiger partial charge >= 0.3 is 6.03 Å². The normalized spacial score (nSPS) is 9.89. The Morgan fingerprint density at radius 1 is 0.944 bits per heavy atom. The van der Waals surface area contributed by atoms with Crippen molar-refractivity contribution < 1.29 is 9.18 Å². The first-order chi connectivity index (χ1) is 8.66. The molecule has 0 spiro atoms. The summed E-state index contributed by atoms with van der Waals surface area (Å²) in [6.07, 6.45) is 0. The summed E-state index contributed by atoms with van der Waals surface area (Å²) in [5, 5.41) is 5.12. The van der Waals surface area contributed by atoms with Gasteiger partial charge in [0.25, 0.3) is 0 Å². The Balaban J connectivity index is 2.06. The number of nitrogens with one attached hydrogen (secondary N) is 2. The summed E-state index contributed by atoms with van der Waals surface area (Å²) in [6.45, 7) is 0. The van der Waals surface area contributed by atoms with Gasteiger partial charge in [0.2, 0.25) is 0 Å². The number of para-hydroxylation sites is 2. The molecule has 3 nitrogen and oxygen atoms in total. The highest BCUT2D eigenvalue weighted by molar-refractivity contribution is 14.1. The predicted molar refractivity (Wildman–Crippen MR) is 78.2 cm³/mol. The predicted octanol–water partition coefficient (Wildman–Crippen LogP) is 4.07. The summed E-state index contributed by atoms with van der Waals surface area (Å²) in [4.78, 5) is 11.7. The van der Waals surface area contributed by atoms with Crippen LogP contribution in [0.2, 0.25) is 0 Å². The van der Waals surface area contributed by atoms with E-state index in [0.717, 1.165) is 3.57 Å². The van der Waals surface area contributed by atoms with Gasteiger partial charge in [0.1, 0.15) is 5.82 Å². The Kier molecular flexibility index (Phi) is 4.14. The minimum absolute atomic E-state index is 0.154. The molecule has 0 saturated heterocycles. The van der Waals surface area contributed by atoms with Crippen LogP contribution in [-0.4, -0.2) is 6.03 Å². The van der Waals surface area contributed by atoms with Gasteiger partial charge in [-0.15, -0.1) is 0 Å². The zero-order valence-electron chi connectivity index (χ0n) is 9.28. The summed E-state index contributed by atoms with van der Waals surface area (Å²) in [7, 11) is 0. The smallest absolute Gasteiger partial charge is 0.307 e. The fourth-order valence-corrected chi connectivity index (χ4v) is 1.92. The van der Waals surface area contributed by atoms with Crippen molar-refractivity contribution in [1.82, 2.24) is 0 Å². The molecule has 2 amide bonds. The maximum Gasteiger partial charge on any atom is 0.323 e. The second-order valence-electron chi connectivity index (χ2n) is 3.54. The maximum atomic E-state index is 13.3. The third-order valence-electron chi connectivity index (χ3n) is 2.24. The highest BCUT2D eigenvalue weighted by Gasteiger charge is 2.07. The van der Waals surface area contributed by atoms with E-state index in [9.17, 15) is 9.18 Å². The van der Waals surface area contributed by atoms with E-state index >= 15 is 0 Å². The number of carbonyl (C=O) groups is 1. The van der Waals surface area contributed by atoms with Crippen LogP contribution >= 0.6 is 22.6 Å². The number of benzene rings is 2. The van der Waals surface area contributed by atoms with E-state index in [0.29, 0.717) is 5.69 Å². The second-order valence-corrected chi connectivity index (χ2v) is 4.70. The lowest BCUT2D eigenvalue weighted by Gasteiger charge is -2.09. The highest BCUT2D eigenvalue weighted by atomic mass is 127. The molecule has 2 aromatic rings. The molecule has 92 valence electrons. The first-order valence-corrected chi connectivity index (χ1v) is 6.32. The Labute approximate surface area is 118 Å². The maximum absolute atomic E-state index is 13.3. The van der Waals surface area contributed by atoms with Crippen molar-refractivity contribution in [3.8, 4) is 0 Å². The van der Waals surface area contributed by atoms with Crippen LogP contribution in [0, 0.1) is 9.39 Å². The molecule has 0 saturated carbocycles. The van der Waals surface area contributed by atoms with Gasteiger partial charge in [-0.05, 0) is 46.9 Å². The quantitative estimate of drug-likeness (QED) is 0.783. The summed E-state index contributed by atoms with van der Waals surface area (Å²) < 4.78 is 14.2. The molecule has 0 aliphatic heterocycles. The van der Waals surface area contributed by atoms with Gasteiger partial charge in [-0.3, -0.25) is 0 Å². The van der Waals surface area contributed by atoms with Crippen LogP contribution in [0.5, 0.6) is 0 Å². The average Bonchev–Trinajstić information content (AvgIpc) is 2.35. The minimum atomic E-state index is -0.468. The molecular weight excluding hydrogens is 346 g/mol. The van der Waals surface area contributed by atoms with Crippen molar-refractivity contribution in [2.75, 3.05) is 10.6 Å². The molecule has 0 bridgehead atoms. The summed E-state index contributed by atoms with van der Waals surface area (Å²) >= 11 is 2.11. The molecule has 0 unspecified atom stereocenters. The summed E-state index contributed by atoms with van der Waals surface area (Å²) in [5.74, 6) is -0.463. The number of urea groups is 1. The van der Waals surface area contributed by atoms with E-state index in [-0.39, 0.29) is 5.69 Å². The van der Waals surface area contributed by atoms with Crippen LogP contribution in [-0.2, 0) is 0 Å².